The molecule has 0 unspecified atom stereocenters. The Morgan fingerprint density at radius 2 is 2.09 bits per heavy atom. The maximum absolute atomic E-state index is 5.49. The van der Waals surface area contributed by atoms with Crippen LogP contribution in [0.2, 0.25) is 0 Å². The highest BCUT2D eigenvalue weighted by Gasteiger charge is 2.31. The summed E-state index contributed by atoms with van der Waals surface area (Å²) >= 11 is 3.72. The molecule has 23 heavy (non-hydrogen) atoms. The van der Waals surface area contributed by atoms with Crippen LogP contribution in [0.1, 0.15) is 28.4 Å². The van der Waals surface area contributed by atoms with Gasteiger partial charge in [0.1, 0.15) is 0 Å². The maximum atomic E-state index is 5.49. The van der Waals surface area contributed by atoms with Gasteiger partial charge in [0.2, 0.25) is 0 Å². The van der Waals surface area contributed by atoms with E-state index < -0.39 is 0 Å². The van der Waals surface area contributed by atoms with E-state index in [1.807, 2.05) is 18.8 Å². The number of aliphatic imine (C=N–C) groups is 1. The second kappa shape index (κ2) is 8.89. The van der Waals surface area contributed by atoms with Crippen LogP contribution >= 0.6 is 23.1 Å². The Morgan fingerprint density at radius 3 is 2.65 bits per heavy atom. The van der Waals surface area contributed by atoms with Crippen LogP contribution < -0.4 is 10.6 Å². The number of aryl methyl sites for hydroxylation is 2. The summed E-state index contributed by atoms with van der Waals surface area (Å²) in [6.45, 7) is 7.68. The maximum Gasteiger partial charge on any atom is 0.191 e. The summed E-state index contributed by atoms with van der Waals surface area (Å²) in [5.41, 5.74) is 1.15. The van der Waals surface area contributed by atoms with E-state index in [0.717, 1.165) is 57.2 Å². The third-order valence-electron chi connectivity index (χ3n) is 4.34. The van der Waals surface area contributed by atoms with Gasteiger partial charge in [0.25, 0.3) is 0 Å². The lowest BCUT2D eigenvalue weighted by Crippen LogP contribution is -2.48. The number of guanidine groups is 1. The molecule has 5 nitrogen and oxygen atoms in total. The average Bonchev–Trinajstić information content (AvgIpc) is 2.89. The minimum Gasteiger partial charge on any atom is -0.381 e. The third-order valence-corrected chi connectivity index (χ3v) is 6.89. The van der Waals surface area contributed by atoms with Crippen LogP contribution in [-0.2, 0) is 11.2 Å². The predicted octanol–water partition coefficient (Wildman–Crippen LogP) is 2.38. The number of thioether (sulfide) groups is 1. The van der Waals surface area contributed by atoms with E-state index in [2.05, 4.69) is 40.7 Å². The minimum atomic E-state index is 0.263. The molecule has 1 aliphatic rings. The molecule has 0 amide bonds. The largest absolute Gasteiger partial charge is 0.381 e. The van der Waals surface area contributed by atoms with Crippen LogP contribution in [-0.4, -0.2) is 55.3 Å². The lowest BCUT2D eigenvalue weighted by atomic mass is 9.99. The molecule has 1 fully saturated rings. The SMILES string of the molecule is CN=C(NCCc1nc(C)c(C)s1)NCC1(SC)CCOCC1. The van der Waals surface area contributed by atoms with Gasteiger partial charge in [-0.3, -0.25) is 4.99 Å². The molecule has 1 aliphatic heterocycles. The summed E-state index contributed by atoms with van der Waals surface area (Å²) in [4.78, 5) is 10.2. The van der Waals surface area contributed by atoms with Crippen molar-refractivity contribution in [2.45, 2.75) is 37.9 Å². The zero-order valence-electron chi connectivity index (χ0n) is 14.6. The first-order chi connectivity index (χ1) is 11.1. The lowest BCUT2D eigenvalue weighted by Gasteiger charge is -2.36. The molecule has 0 spiro atoms. The predicted molar refractivity (Wildman–Crippen MR) is 101 cm³/mol. The standard InChI is InChI=1S/C16H28N4OS2/c1-12-13(2)23-14(20-12)5-8-18-15(17-3)19-11-16(22-4)6-9-21-10-7-16/h5-11H2,1-4H3,(H2,17,18,19). The van der Waals surface area contributed by atoms with Crippen LogP contribution in [0, 0.1) is 13.8 Å². The first-order valence-corrected chi connectivity index (χ1v) is 10.1. The van der Waals surface area contributed by atoms with Crippen molar-refractivity contribution in [2.24, 2.45) is 4.99 Å². The summed E-state index contributed by atoms with van der Waals surface area (Å²) in [5.74, 6) is 0.870. The molecule has 2 heterocycles. The van der Waals surface area contributed by atoms with Crippen molar-refractivity contribution in [1.82, 2.24) is 15.6 Å². The second-order valence-electron chi connectivity index (χ2n) is 5.85. The van der Waals surface area contributed by atoms with Crippen LogP contribution in [0.4, 0.5) is 0 Å². The van der Waals surface area contributed by atoms with Gasteiger partial charge >= 0.3 is 0 Å². The van der Waals surface area contributed by atoms with Crippen molar-refractivity contribution in [3.05, 3.63) is 15.6 Å². The van der Waals surface area contributed by atoms with Crippen molar-refractivity contribution in [3.8, 4) is 0 Å². The van der Waals surface area contributed by atoms with Gasteiger partial charge in [0.15, 0.2) is 5.96 Å². The molecular formula is C16H28N4OS2. The molecule has 0 saturated carbocycles. The highest BCUT2D eigenvalue weighted by Crippen LogP contribution is 2.32. The molecule has 2 rings (SSSR count). The molecule has 1 aromatic rings. The molecule has 1 aromatic heterocycles. The molecule has 0 bridgehead atoms. The van der Waals surface area contributed by atoms with E-state index in [-0.39, 0.29) is 4.75 Å². The highest BCUT2D eigenvalue weighted by atomic mass is 32.2. The zero-order valence-corrected chi connectivity index (χ0v) is 16.2. The van der Waals surface area contributed by atoms with Crippen LogP contribution in [0.3, 0.4) is 0 Å². The van der Waals surface area contributed by atoms with Crippen molar-refractivity contribution < 1.29 is 4.74 Å². The van der Waals surface area contributed by atoms with E-state index in [1.165, 1.54) is 9.88 Å². The molecule has 0 atom stereocenters. The summed E-state index contributed by atoms with van der Waals surface area (Å²) in [7, 11) is 1.82. The number of aromatic nitrogens is 1. The summed E-state index contributed by atoms with van der Waals surface area (Å²) in [6.07, 6.45) is 5.31. The van der Waals surface area contributed by atoms with Crippen molar-refractivity contribution in [1.29, 1.82) is 0 Å². The smallest absolute Gasteiger partial charge is 0.191 e. The Hall–Kier alpha value is -0.790. The van der Waals surface area contributed by atoms with Crippen molar-refractivity contribution in [2.75, 3.05) is 39.6 Å². The fourth-order valence-electron chi connectivity index (χ4n) is 2.60. The Kier molecular flexibility index (Phi) is 7.17. The number of nitrogens with zero attached hydrogens (tertiary/aromatic N) is 2. The fourth-order valence-corrected chi connectivity index (χ4v) is 4.32. The minimum absolute atomic E-state index is 0.263. The van der Waals surface area contributed by atoms with Gasteiger partial charge < -0.3 is 15.4 Å². The van der Waals surface area contributed by atoms with Gasteiger partial charge in [-0.1, -0.05) is 0 Å². The zero-order chi connectivity index (χ0) is 16.7. The number of hydrogen-bond donors (Lipinski definition) is 2. The lowest BCUT2D eigenvalue weighted by molar-refractivity contribution is 0.0783. The Bertz CT molecular complexity index is 505. The van der Waals surface area contributed by atoms with Crippen LogP contribution in [0.5, 0.6) is 0 Å². The molecule has 2 N–H and O–H groups in total. The Balaban J connectivity index is 1.76. The topological polar surface area (TPSA) is 58.5 Å². The monoisotopic (exact) mass is 356 g/mol. The van der Waals surface area contributed by atoms with Gasteiger partial charge in [0.05, 0.1) is 10.7 Å². The van der Waals surface area contributed by atoms with E-state index in [9.17, 15) is 0 Å². The molecule has 130 valence electrons. The average molecular weight is 357 g/mol. The molecule has 0 aliphatic carbocycles. The molecule has 7 heteroatoms. The normalized spacial score (nSPS) is 18.0. The molecule has 0 radical (unpaired) electrons. The Morgan fingerprint density at radius 1 is 1.35 bits per heavy atom. The summed E-state index contributed by atoms with van der Waals surface area (Å²) in [6, 6.07) is 0. The molecule has 1 saturated heterocycles. The quantitative estimate of drug-likeness (QED) is 0.605. The van der Waals surface area contributed by atoms with Gasteiger partial charge in [0, 0.05) is 49.4 Å². The van der Waals surface area contributed by atoms with E-state index >= 15 is 0 Å². The second-order valence-corrected chi connectivity index (χ2v) is 8.41. The van der Waals surface area contributed by atoms with Gasteiger partial charge in [-0.2, -0.15) is 11.8 Å². The van der Waals surface area contributed by atoms with Crippen molar-refractivity contribution in [3.63, 3.8) is 0 Å². The van der Waals surface area contributed by atoms with Crippen molar-refractivity contribution >= 4 is 29.1 Å². The highest BCUT2D eigenvalue weighted by molar-refractivity contribution is 8.00. The summed E-state index contributed by atoms with van der Waals surface area (Å²) < 4.78 is 5.76. The number of rotatable bonds is 6. The Labute approximate surface area is 147 Å². The molecular weight excluding hydrogens is 328 g/mol. The number of ether oxygens (including phenoxy) is 1. The molecule has 0 aromatic carbocycles. The van der Waals surface area contributed by atoms with E-state index in [4.69, 9.17) is 4.74 Å². The van der Waals surface area contributed by atoms with Gasteiger partial charge in [-0.05, 0) is 32.9 Å². The van der Waals surface area contributed by atoms with Crippen LogP contribution in [0.15, 0.2) is 4.99 Å². The fraction of sp³-hybridized carbons (Fsp3) is 0.750. The van der Waals surface area contributed by atoms with E-state index in [1.54, 1.807) is 11.3 Å². The number of nitrogens with one attached hydrogen (secondary N) is 2. The first-order valence-electron chi connectivity index (χ1n) is 8.09. The van der Waals surface area contributed by atoms with E-state index in [0.29, 0.717) is 0 Å². The number of hydrogen-bond acceptors (Lipinski definition) is 5. The number of thiazole rings is 1. The van der Waals surface area contributed by atoms with Gasteiger partial charge in [-0.25, -0.2) is 4.98 Å². The van der Waals surface area contributed by atoms with Gasteiger partial charge in [-0.15, -0.1) is 11.3 Å². The first kappa shape index (κ1) is 18.5. The summed E-state index contributed by atoms with van der Waals surface area (Å²) in [5, 5.41) is 8.06. The third kappa shape index (κ3) is 5.36. The van der Waals surface area contributed by atoms with Crippen LogP contribution in [0.25, 0.3) is 0 Å².